The highest BCUT2D eigenvalue weighted by atomic mass is 35.5. The van der Waals surface area contributed by atoms with E-state index in [-0.39, 0.29) is 16.5 Å². The van der Waals surface area contributed by atoms with E-state index in [9.17, 15) is 9.18 Å². The third-order valence-corrected chi connectivity index (χ3v) is 4.07. The molecule has 0 aliphatic rings. The highest BCUT2D eigenvalue weighted by Crippen LogP contribution is 2.18. The Labute approximate surface area is 137 Å². The van der Waals surface area contributed by atoms with Crippen LogP contribution in [0.2, 0.25) is 5.02 Å². The van der Waals surface area contributed by atoms with E-state index in [1.54, 1.807) is 17.8 Å². The average molecular weight is 337 g/mol. The van der Waals surface area contributed by atoms with Crippen LogP contribution in [0, 0.1) is 5.82 Å². The van der Waals surface area contributed by atoms with Gasteiger partial charge in [-0.1, -0.05) is 35.9 Å². The van der Waals surface area contributed by atoms with Crippen LogP contribution in [0.5, 0.6) is 0 Å². The summed E-state index contributed by atoms with van der Waals surface area (Å²) in [6.45, 7) is 0. The largest absolute Gasteiger partial charge is 0.273 e. The monoisotopic (exact) mass is 336 g/mol. The van der Waals surface area contributed by atoms with Crippen LogP contribution >= 0.6 is 23.4 Å². The number of rotatable bonds is 6. The molecule has 1 amide bonds. The minimum atomic E-state index is -0.481. The van der Waals surface area contributed by atoms with Crippen molar-refractivity contribution in [2.24, 2.45) is 5.10 Å². The molecule has 3 nitrogen and oxygen atoms in total. The number of hydrogen-bond donors (Lipinski definition) is 1. The quantitative estimate of drug-likeness (QED) is 0.490. The molecule has 0 atom stereocenters. The van der Waals surface area contributed by atoms with Gasteiger partial charge in [0.15, 0.2) is 0 Å². The Balaban J connectivity index is 1.77. The number of amides is 1. The van der Waals surface area contributed by atoms with Crippen molar-refractivity contribution in [1.29, 1.82) is 0 Å². The summed E-state index contributed by atoms with van der Waals surface area (Å²) in [5.41, 5.74) is 2.52. The van der Waals surface area contributed by atoms with Crippen molar-refractivity contribution in [3.63, 3.8) is 0 Å². The summed E-state index contributed by atoms with van der Waals surface area (Å²) in [5, 5.41) is 3.98. The second kappa shape index (κ2) is 8.56. The Morgan fingerprint density at radius 3 is 2.73 bits per heavy atom. The lowest BCUT2D eigenvalue weighted by Crippen LogP contribution is -2.18. The van der Waals surface area contributed by atoms with Crippen molar-refractivity contribution >= 4 is 35.5 Å². The second-order valence-electron chi connectivity index (χ2n) is 4.34. The summed E-state index contributed by atoms with van der Waals surface area (Å²) in [6, 6.07) is 14.2. The topological polar surface area (TPSA) is 41.5 Å². The first kappa shape index (κ1) is 16.5. The number of hydrogen-bond acceptors (Lipinski definition) is 3. The van der Waals surface area contributed by atoms with Crippen LogP contribution in [0.25, 0.3) is 0 Å². The first-order valence-corrected chi connectivity index (χ1v) is 7.97. The molecule has 0 aromatic heterocycles. The molecule has 0 spiro atoms. The van der Waals surface area contributed by atoms with E-state index in [4.69, 9.17) is 11.6 Å². The molecule has 0 bridgehead atoms. The predicted molar refractivity (Wildman–Crippen MR) is 88.9 cm³/mol. The van der Waals surface area contributed by atoms with Crippen molar-refractivity contribution in [2.45, 2.75) is 11.3 Å². The molecule has 0 aliphatic heterocycles. The lowest BCUT2D eigenvalue weighted by molar-refractivity contribution is -0.120. The number of nitrogens with zero attached hydrogens (tertiary/aromatic N) is 1. The van der Waals surface area contributed by atoms with E-state index in [2.05, 4.69) is 10.5 Å². The number of nitrogens with one attached hydrogen (secondary N) is 1. The van der Waals surface area contributed by atoms with E-state index in [0.717, 1.165) is 4.90 Å². The Hall–Kier alpha value is -1.85. The minimum Gasteiger partial charge on any atom is -0.273 e. The van der Waals surface area contributed by atoms with Crippen molar-refractivity contribution in [3.05, 3.63) is 64.9 Å². The number of benzene rings is 2. The second-order valence-corrected chi connectivity index (χ2v) is 5.92. The van der Waals surface area contributed by atoms with Crippen LogP contribution in [-0.4, -0.2) is 17.9 Å². The molecule has 22 heavy (non-hydrogen) atoms. The molecule has 1 N–H and O–H groups in total. The molecule has 0 fully saturated rings. The summed E-state index contributed by atoms with van der Waals surface area (Å²) >= 11 is 7.44. The zero-order valence-corrected chi connectivity index (χ0v) is 13.2. The van der Waals surface area contributed by atoms with Crippen molar-refractivity contribution in [3.8, 4) is 0 Å². The normalized spacial score (nSPS) is 10.8. The summed E-state index contributed by atoms with van der Waals surface area (Å²) in [6.07, 6.45) is 1.53. The zero-order valence-electron chi connectivity index (χ0n) is 11.6. The fourth-order valence-electron chi connectivity index (χ4n) is 1.64. The van der Waals surface area contributed by atoms with Gasteiger partial charge in [0, 0.05) is 22.6 Å². The van der Waals surface area contributed by atoms with E-state index in [0.29, 0.717) is 12.2 Å². The Bertz CT molecular complexity index is 644. The van der Waals surface area contributed by atoms with Gasteiger partial charge in [0.1, 0.15) is 5.82 Å². The van der Waals surface area contributed by atoms with Crippen LogP contribution in [-0.2, 0) is 4.79 Å². The van der Waals surface area contributed by atoms with Gasteiger partial charge in [-0.25, -0.2) is 9.82 Å². The first-order chi connectivity index (χ1) is 10.7. The van der Waals surface area contributed by atoms with Crippen LogP contribution in [0.15, 0.2) is 58.5 Å². The molecule has 2 rings (SSSR count). The molecule has 2 aromatic rings. The van der Waals surface area contributed by atoms with E-state index < -0.39 is 5.82 Å². The summed E-state index contributed by atoms with van der Waals surface area (Å²) in [4.78, 5) is 12.7. The van der Waals surface area contributed by atoms with Gasteiger partial charge in [-0.05, 0) is 24.3 Å². The molecule has 0 heterocycles. The lowest BCUT2D eigenvalue weighted by Gasteiger charge is -2.02. The molecular formula is C16H14ClFN2OS. The number of hydrazone groups is 1. The maximum Gasteiger partial charge on any atom is 0.240 e. The molecule has 0 unspecified atom stereocenters. The standard InChI is InChI=1S/C16H14ClFN2OS/c17-14-7-4-8-15(18)13(14)11-19-20-16(21)9-10-22-12-5-2-1-3-6-12/h1-8,11H,9-10H2,(H,20,21)/b19-11-. The van der Waals surface area contributed by atoms with Gasteiger partial charge >= 0.3 is 0 Å². The molecule has 0 saturated carbocycles. The smallest absolute Gasteiger partial charge is 0.240 e. The van der Waals surface area contributed by atoms with Crippen LogP contribution in [0.1, 0.15) is 12.0 Å². The zero-order chi connectivity index (χ0) is 15.8. The Morgan fingerprint density at radius 1 is 1.23 bits per heavy atom. The van der Waals surface area contributed by atoms with E-state index in [1.165, 1.54) is 18.3 Å². The van der Waals surface area contributed by atoms with Crippen LogP contribution in [0.3, 0.4) is 0 Å². The fourth-order valence-corrected chi connectivity index (χ4v) is 2.72. The van der Waals surface area contributed by atoms with Gasteiger partial charge in [-0.15, -0.1) is 11.8 Å². The highest BCUT2D eigenvalue weighted by Gasteiger charge is 2.04. The molecule has 2 aromatic carbocycles. The van der Waals surface area contributed by atoms with Gasteiger partial charge < -0.3 is 0 Å². The molecule has 0 radical (unpaired) electrons. The number of carbonyl (C=O) groups is 1. The molecule has 0 aliphatic carbocycles. The number of halogens is 2. The molecule has 0 saturated heterocycles. The van der Waals surface area contributed by atoms with E-state index in [1.807, 2.05) is 30.3 Å². The maximum absolute atomic E-state index is 13.5. The highest BCUT2D eigenvalue weighted by molar-refractivity contribution is 7.99. The number of thioether (sulfide) groups is 1. The minimum absolute atomic E-state index is 0.156. The predicted octanol–water partition coefficient (Wildman–Crippen LogP) is 4.11. The molecule has 114 valence electrons. The van der Waals surface area contributed by atoms with Gasteiger partial charge in [-0.2, -0.15) is 5.10 Å². The van der Waals surface area contributed by atoms with Crippen LogP contribution in [0.4, 0.5) is 4.39 Å². The Morgan fingerprint density at radius 2 is 2.00 bits per heavy atom. The van der Waals surface area contributed by atoms with Crippen molar-refractivity contribution in [1.82, 2.24) is 5.43 Å². The maximum atomic E-state index is 13.5. The summed E-state index contributed by atoms with van der Waals surface area (Å²) < 4.78 is 13.5. The number of carbonyl (C=O) groups excluding carboxylic acids is 1. The van der Waals surface area contributed by atoms with Gasteiger partial charge in [0.2, 0.25) is 5.91 Å². The van der Waals surface area contributed by atoms with Gasteiger partial charge in [-0.3, -0.25) is 4.79 Å². The Kier molecular flexibility index (Phi) is 6.43. The van der Waals surface area contributed by atoms with Crippen LogP contribution < -0.4 is 5.43 Å². The first-order valence-electron chi connectivity index (χ1n) is 6.60. The summed E-state index contributed by atoms with van der Waals surface area (Å²) in [7, 11) is 0. The van der Waals surface area contributed by atoms with Gasteiger partial charge in [0.05, 0.1) is 11.2 Å². The van der Waals surface area contributed by atoms with E-state index >= 15 is 0 Å². The third kappa shape index (κ3) is 5.16. The van der Waals surface area contributed by atoms with Gasteiger partial charge in [0.25, 0.3) is 0 Å². The third-order valence-electron chi connectivity index (χ3n) is 2.72. The SMILES string of the molecule is O=C(CCSc1ccccc1)N/N=C\c1c(F)cccc1Cl. The van der Waals surface area contributed by atoms with Crippen molar-refractivity contribution in [2.75, 3.05) is 5.75 Å². The lowest BCUT2D eigenvalue weighted by atomic mass is 10.2. The molecule has 6 heteroatoms. The van der Waals surface area contributed by atoms with Crippen molar-refractivity contribution < 1.29 is 9.18 Å². The summed E-state index contributed by atoms with van der Waals surface area (Å²) in [5.74, 6) is -0.0662. The average Bonchev–Trinajstić information content (AvgIpc) is 2.51. The molecular weight excluding hydrogens is 323 g/mol. The fraction of sp³-hybridized carbons (Fsp3) is 0.125.